The highest BCUT2D eigenvalue weighted by Crippen LogP contribution is 2.37. The molecular formula is C26H26N2O7S. The van der Waals surface area contributed by atoms with E-state index >= 15 is 0 Å². The number of amides is 3. The first-order valence-electron chi connectivity index (χ1n) is 11.1. The van der Waals surface area contributed by atoms with Gasteiger partial charge in [-0.2, -0.15) is 0 Å². The first-order valence-corrected chi connectivity index (χ1v) is 11.9. The van der Waals surface area contributed by atoms with E-state index in [0.717, 1.165) is 22.2 Å². The standard InChI is InChI=1S/C26H26N2O7S/c1-4-6-18-11-17(12-20(34-5-2)24(18)35-15-23(30)31)13-21-25(32)28(26(33)36-21)14-22(29)27-19-9-7-16(3)8-10-19/h4,7-13H,1,5-6,14-15H2,2-3H3,(H,27,29)(H,30,31). The fraction of sp³-hybridized carbons (Fsp3) is 0.231. The van der Waals surface area contributed by atoms with Gasteiger partial charge < -0.3 is 19.9 Å². The topological polar surface area (TPSA) is 122 Å². The van der Waals surface area contributed by atoms with Gasteiger partial charge in [0.2, 0.25) is 5.91 Å². The Balaban J connectivity index is 1.82. The number of carbonyl (C=O) groups is 4. The molecule has 0 spiro atoms. The second-order valence-corrected chi connectivity index (χ2v) is 8.79. The molecule has 1 saturated heterocycles. The number of aryl methyl sites for hydroxylation is 1. The molecule has 0 unspecified atom stereocenters. The summed E-state index contributed by atoms with van der Waals surface area (Å²) in [5.41, 5.74) is 2.76. The molecule has 2 aromatic rings. The van der Waals surface area contributed by atoms with E-state index in [4.69, 9.17) is 14.6 Å². The predicted octanol–water partition coefficient (Wildman–Crippen LogP) is 4.26. The van der Waals surface area contributed by atoms with Gasteiger partial charge in [0.25, 0.3) is 11.1 Å². The van der Waals surface area contributed by atoms with Gasteiger partial charge in [-0.05, 0) is 67.9 Å². The van der Waals surface area contributed by atoms with Crippen molar-refractivity contribution >= 4 is 46.5 Å². The normalized spacial score (nSPS) is 14.2. The van der Waals surface area contributed by atoms with Crippen molar-refractivity contribution < 1.29 is 33.8 Å². The Labute approximate surface area is 212 Å². The molecule has 0 bridgehead atoms. The minimum absolute atomic E-state index is 0.148. The van der Waals surface area contributed by atoms with Crippen molar-refractivity contribution in [1.29, 1.82) is 0 Å². The van der Waals surface area contributed by atoms with Crippen molar-refractivity contribution in [3.8, 4) is 11.5 Å². The number of carboxylic acid groups (broad SMARTS) is 1. The Morgan fingerprint density at radius 2 is 1.89 bits per heavy atom. The number of imide groups is 1. The number of nitrogens with one attached hydrogen (secondary N) is 1. The zero-order chi connectivity index (χ0) is 26.2. The first-order chi connectivity index (χ1) is 17.2. The number of hydrogen-bond acceptors (Lipinski definition) is 7. The van der Waals surface area contributed by atoms with E-state index < -0.39 is 36.2 Å². The number of nitrogens with zero attached hydrogens (tertiary/aromatic N) is 1. The van der Waals surface area contributed by atoms with Crippen LogP contribution < -0.4 is 14.8 Å². The van der Waals surface area contributed by atoms with Crippen LogP contribution in [0.5, 0.6) is 11.5 Å². The van der Waals surface area contributed by atoms with Crippen LogP contribution >= 0.6 is 11.8 Å². The van der Waals surface area contributed by atoms with Crippen molar-refractivity contribution in [2.45, 2.75) is 20.3 Å². The third-order valence-corrected chi connectivity index (χ3v) is 5.87. The lowest BCUT2D eigenvalue weighted by molar-refractivity contribution is -0.139. The number of rotatable bonds is 11. The van der Waals surface area contributed by atoms with Gasteiger partial charge in [-0.25, -0.2) is 4.79 Å². The number of allylic oxidation sites excluding steroid dienone is 1. The highest BCUT2D eigenvalue weighted by molar-refractivity contribution is 8.18. The molecule has 1 aliphatic rings. The average molecular weight is 511 g/mol. The molecule has 3 rings (SSSR count). The van der Waals surface area contributed by atoms with Crippen LogP contribution in [0.25, 0.3) is 6.08 Å². The molecule has 2 aromatic carbocycles. The van der Waals surface area contributed by atoms with Crippen LogP contribution in [-0.4, -0.2) is 52.8 Å². The van der Waals surface area contributed by atoms with Crippen LogP contribution in [0.4, 0.5) is 10.5 Å². The maximum Gasteiger partial charge on any atom is 0.341 e. The largest absolute Gasteiger partial charge is 0.490 e. The molecule has 188 valence electrons. The number of aliphatic carboxylic acids is 1. The van der Waals surface area contributed by atoms with Crippen LogP contribution in [-0.2, 0) is 20.8 Å². The molecule has 2 N–H and O–H groups in total. The van der Waals surface area contributed by atoms with E-state index in [-0.39, 0.29) is 10.7 Å². The number of hydrogen-bond donors (Lipinski definition) is 2. The average Bonchev–Trinajstić information content (AvgIpc) is 3.07. The van der Waals surface area contributed by atoms with Gasteiger partial charge in [-0.3, -0.25) is 19.3 Å². The van der Waals surface area contributed by atoms with E-state index in [9.17, 15) is 19.2 Å². The van der Waals surface area contributed by atoms with E-state index in [2.05, 4.69) is 11.9 Å². The second-order valence-electron chi connectivity index (χ2n) is 7.80. The number of ether oxygens (including phenoxy) is 2. The number of benzene rings is 2. The summed E-state index contributed by atoms with van der Waals surface area (Å²) in [7, 11) is 0. The molecule has 36 heavy (non-hydrogen) atoms. The highest BCUT2D eigenvalue weighted by atomic mass is 32.2. The molecule has 0 aliphatic carbocycles. The molecule has 10 heteroatoms. The van der Waals surface area contributed by atoms with Crippen molar-refractivity contribution in [2.75, 3.05) is 25.1 Å². The quantitative estimate of drug-likeness (QED) is 0.340. The number of carbonyl (C=O) groups excluding carboxylic acids is 3. The van der Waals surface area contributed by atoms with Crippen LogP contribution in [0, 0.1) is 6.92 Å². The summed E-state index contributed by atoms with van der Waals surface area (Å²) in [6, 6.07) is 10.5. The van der Waals surface area contributed by atoms with Crippen molar-refractivity contribution in [2.24, 2.45) is 0 Å². The third kappa shape index (κ3) is 6.76. The summed E-state index contributed by atoms with van der Waals surface area (Å²) in [5, 5.41) is 11.1. The van der Waals surface area contributed by atoms with E-state index in [0.29, 0.717) is 35.6 Å². The zero-order valence-electron chi connectivity index (χ0n) is 19.9. The second kappa shape index (κ2) is 12.1. The van der Waals surface area contributed by atoms with Gasteiger partial charge in [0.05, 0.1) is 11.5 Å². The SMILES string of the molecule is C=CCc1cc(C=C2SC(=O)N(CC(=O)Nc3ccc(C)cc3)C2=O)cc(OCC)c1OCC(=O)O. The lowest BCUT2D eigenvalue weighted by atomic mass is 10.0. The van der Waals surface area contributed by atoms with Crippen LogP contribution in [0.3, 0.4) is 0 Å². The van der Waals surface area contributed by atoms with E-state index in [1.54, 1.807) is 37.3 Å². The molecule has 1 fully saturated rings. The van der Waals surface area contributed by atoms with Gasteiger partial charge in [-0.15, -0.1) is 6.58 Å². The summed E-state index contributed by atoms with van der Waals surface area (Å²) < 4.78 is 11.1. The van der Waals surface area contributed by atoms with Gasteiger partial charge in [0.15, 0.2) is 18.1 Å². The molecule has 0 atom stereocenters. The smallest absolute Gasteiger partial charge is 0.341 e. The number of thioether (sulfide) groups is 1. The van der Waals surface area contributed by atoms with Crippen LogP contribution in [0.2, 0.25) is 0 Å². The molecule has 0 radical (unpaired) electrons. The van der Waals surface area contributed by atoms with E-state index in [1.807, 2.05) is 19.1 Å². The summed E-state index contributed by atoms with van der Waals surface area (Å²) in [5.74, 6) is -1.63. The fourth-order valence-electron chi connectivity index (χ4n) is 3.40. The minimum atomic E-state index is -1.13. The summed E-state index contributed by atoms with van der Waals surface area (Å²) in [6.45, 7) is 6.75. The highest BCUT2D eigenvalue weighted by Gasteiger charge is 2.36. The van der Waals surface area contributed by atoms with E-state index in [1.165, 1.54) is 6.08 Å². The van der Waals surface area contributed by atoms with Gasteiger partial charge >= 0.3 is 5.97 Å². The first kappa shape index (κ1) is 26.6. The lowest BCUT2D eigenvalue weighted by Crippen LogP contribution is -2.36. The lowest BCUT2D eigenvalue weighted by Gasteiger charge is -2.16. The predicted molar refractivity (Wildman–Crippen MR) is 137 cm³/mol. The third-order valence-electron chi connectivity index (χ3n) is 4.97. The molecule has 9 nitrogen and oxygen atoms in total. The molecule has 0 aromatic heterocycles. The fourth-order valence-corrected chi connectivity index (χ4v) is 4.24. The Bertz CT molecular complexity index is 1220. The molecule has 3 amide bonds. The van der Waals surface area contributed by atoms with Crippen molar-refractivity contribution in [3.05, 3.63) is 70.6 Å². The zero-order valence-corrected chi connectivity index (χ0v) is 20.7. The summed E-state index contributed by atoms with van der Waals surface area (Å²) in [4.78, 5) is 49.9. The van der Waals surface area contributed by atoms with Crippen molar-refractivity contribution in [1.82, 2.24) is 4.90 Å². The number of anilines is 1. The van der Waals surface area contributed by atoms with Gasteiger partial charge in [0.1, 0.15) is 6.54 Å². The number of carboxylic acids is 1. The molecule has 1 aliphatic heterocycles. The van der Waals surface area contributed by atoms with Crippen LogP contribution in [0.15, 0.2) is 54.0 Å². The molecule has 0 saturated carbocycles. The molecule has 1 heterocycles. The minimum Gasteiger partial charge on any atom is -0.490 e. The maximum atomic E-state index is 12.9. The Kier molecular flexibility index (Phi) is 8.91. The monoisotopic (exact) mass is 510 g/mol. The summed E-state index contributed by atoms with van der Waals surface area (Å²) in [6.07, 6.45) is 3.51. The van der Waals surface area contributed by atoms with Gasteiger partial charge in [0, 0.05) is 11.3 Å². The maximum absolute atomic E-state index is 12.9. The Morgan fingerprint density at radius 1 is 1.17 bits per heavy atom. The van der Waals surface area contributed by atoms with Crippen LogP contribution in [0.1, 0.15) is 23.6 Å². The molecular weight excluding hydrogens is 484 g/mol. The van der Waals surface area contributed by atoms with Crippen molar-refractivity contribution in [3.63, 3.8) is 0 Å². The Morgan fingerprint density at radius 3 is 2.53 bits per heavy atom. The van der Waals surface area contributed by atoms with Gasteiger partial charge in [-0.1, -0.05) is 23.8 Å². The Hall–Kier alpha value is -4.05. The summed E-state index contributed by atoms with van der Waals surface area (Å²) >= 11 is 0.732.